The number of rotatable bonds is 7. The van der Waals surface area contributed by atoms with Crippen molar-refractivity contribution in [3.05, 3.63) is 23.4 Å². The van der Waals surface area contributed by atoms with Crippen LogP contribution in [-0.2, 0) is 19.4 Å². The van der Waals surface area contributed by atoms with Crippen LogP contribution in [0.4, 0.5) is 0 Å². The van der Waals surface area contributed by atoms with Crippen molar-refractivity contribution >= 4 is 0 Å². The van der Waals surface area contributed by atoms with Crippen LogP contribution in [0.1, 0.15) is 81.9 Å². The van der Waals surface area contributed by atoms with E-state index in [9.17, 15) is 0 Å². The minimum atomic E-state index is -0.00980. The molecule has 0 fully saturated rings. The normalized spacial score (nSPS) is 17.0. The second-order valence-electron chi connectivity index (χ2n) is 6.35. The smallest absolute Gasteiger partial charge is 0.243 e. The van der Waals surface area contributed by atoms with Crippen LogP contribution in [-0.4, -0.2) is 24.9 Å². The summed E-state index contributed by atoms with van der Waals surface area (Å²) in [5.74, 6) is 3.54. The Morgan fingerprint density at radius 3 is 2.91 bits per heavy atom. The first-order valence-corrected chi connectivity index (χ1v) is 8.69. The summed E-state index contributed by atoms with van der Waals surface area (Å²) in [6.45, 7) is 7.32. The summed E-state index contributed by atoms with van der Waals surface area (Å²) >= 11 is 0. The van der Waals surface area contributed by atoms with Crippen LogP contribution in [0.25, 0.3) is 0 Å². The van der Waals surface area contributed by atoms with E-state index in [-0.39, 0.29) is 12.1 Å². The van der Waals surface area contributed by atoms with Gasteiger partial charge in [0.25, 0.3) is 0 Å². The maximum absolute atomic E-state index is 5.39. The Hall–Kier alpha value is -1.76. The first-order valence-electron chi connectivity index (χ1n) is 8.69. The maximum atomic E-state index is 5.39. The van der Waals surface area contributed by atoms with Gasteiger partial charge in [0.05, 0.1) is 12.1 Å². The Kier molecular flexibility index (Phi) is 5.05. The molecule has 0 aliphatic carbocycles. The molecule has 126 valence electrons. The third kappa shape index (κ3) is 3.60. The molecule has 0 saturated heterocycles. The number of aryl methyl sites for hydroxylation is 2. The molecular formula is C16H26N6O. The fourth-order valence-corrected chi connectivity index (χ4v) is 3.05. The van der Waals surface area contributed by atoms with Crippen molar-refractivity contribution in [1.29, 1.82) is 0 Å². The highest BCUT2D eigenvalue weighted by Gasteiger charge is 2.23. The molecule has 3 heterocycles. The molecular weight excluding hydrogens is 292 g/mol. The zero-order chi connectivity index (χ0) is 16.2. The molecule has 7 heteroatoms. The van der Waals surface area contributed by atoms with Crippen LogP contribution >= 0.6 is 0 Å². The number of hydrogen-bond acceptors (Lipinski definition) is 6. The molecule has 0 bridgehead atoms. The molecule has 0 radical (unpaired) electrons. The van der Waals surface area contributed by atoms with E-state index in [1.54, 1.807) is 0 Å². The van der Waals surface area contributed by atoms with Gasteiger partial charge in [-0.1, -0.05) is 18.5 Å². The molecule has 0 aromatic carbocycles. The van der Waals surface area contributed by atoms with Gasteiger partial charge in [-0.05, 0) is 33.1 Å². The first kappa shape index (κ1) is 16.1. The Morgan fingerprint density at radius 1 is 1.22 bits per heavy atom. The van der Waals surface area contributed by atoms with Gasteiger partial charge in [-0.25, -0.2) is 0 Å². The van der Waals surface area contributed by atoms with Gasteiger partial charge in [-0.3, -0.25) is 5.32 Å². The average molecular weight is 318 g/mol. The van der Waals surface area contributed by atoms with E-state index in [2.05, 4.69) is 44.1 Å². The molecule has 0 saturated carbocycles. The van der Waals surface area contributed by atoms with Gasteiger partial charge in [-0.2, -0.15) is 4.98 Å². The summed E-state index contributed by atoms with van der Waals surface area (Å²) < 4.78 is 7.63. The lowest BCUT2D eigenvalue weighted by Crippen LogP contribution is -2.26. The minimum Gasteiger partial charge on any atom is -0.338 e. The predicted molar refractivity (Wildman–Crippen MR) is 85.8 cm³/mol. The number of unbranched alkanes of at least 4 members (excludes halogenated alkanes) is 1. The molecule has 1 aliphatic heterocycles. The van der Waals surface area contributed by atoms with Crippen molar-refractivity contribution in [1.82, 2.24) is 30.2 Å². The zero-order valence-electron chi connectivity index (χ0n) is 14.2. The van der Waals surface area contributed by atoms with Gasteiger partial charge in [0.2, 0.25) is 5.89 Å². The zero-order valence-corrected chi connectivity index (χ0v) is 14.2. The fourth-order valence-electron chi connectivity index (χ4n) is 3.05. The number of fused-ring (bicyclic) bond motifs is 1. The van der Waals surface area contributed by atoms with E-state index < -0.39 is 0 Å². The van der Waals surface area contributed by atoms with Crippen molar-refractivity contribution in [2.24, 2.45) is 0 Å². The molecule has 0 unspecified atom stereocenters. The van der Waals surface area contributed by atoms with Gasteiger partial charge >= 0.3 is 0 Å². The van der Waals surface area contributed by atoms with E-state index in [1.807, 2.05) is 6.92 Å². The van der Waals surface area contributed by atoms with Gasteiger partial charge in [-0.15, -0.1) is 10.2 Å². The topological polar surface area (TPSA) is 81.7 Å². The molecule has 1 N–H and O–H groups in total. The van der Waals surface area contributed by atoms with Crippen LogP contribution in [0.15, 0.2) is 4.52 Å². The molecule has 0 amide bonds. The van der Waals surface area contributed by atoms with Gasteiger partial charge in [0.15, 0.2) is 5.82 Å². The minimum absolute atomic E-state index is 0.00980. The molecule has 23 heavy (non-hydrogen) atoms. The number of nitrogens with zero attached hydrogens (tertiary/aromatic N) is 5. The van der Waals surface area contributed by atoms with Crippen molar-refractivity contribution in [3.8, 4) is 0 Å². The lowest BCUT2D eigenvalue weighted by atomic mass is 10.1. The highest BCUT2D eigenvalue weighted by Crippen LogP contribution is 2.21. The molecule has 1 aliphatic rings. The van der Waals surface area contributed by atoms with Crippen LogP contribution in [0.3, 0.4) is 0 Å². The highest BCUT2D eigenvalue weighted by atomic mass is 16.5. The van der Waals surface area contributed by atoms with Crippen molar-refractivity contribution in [3.63, 3.8) is 0 Å². The summed E-state index contributed by atoms with van der Waals surface area (Å²) in [6.07, 6.45) is 6.53. The number of nitrogens with one attached hydrogen (secondary N) is 1. The van der Waals surface area contributed by atoms with Crippen molar-refractivity contribution in [2.75, 3.05) is 0 Å². The quantitative estimate of drug-likeness (QED) is 0.845. The van der Waals surface area contributed by atoms with E-state index >= 15 is 0 Å². The average Bonchev–Trinajstić information content (AvgIpc) is 3.19. The summed E-state index contributed by atoms with van der Waals surface area (Å²) in [4.78, 5) is 4.49. The predicted octanol–water partition coefficient (Wildman–Crippen LogP) is 2.75. The van der Waals surface area contributed by atoms with Gasteiger partial charge in [0, 0.05) is 19.4 Å². The second-order valence-corrected chi connectivity index (χ2v) is 6.35. The highest BCUT2D eigenvalue weighted by molar-refractivity contribution is 5.04. The number of aromatic nitrogens is 5. The Morgan fingerprint density at radius 2 is 2.09 bits per heavy atom. The Balaban J connectivity index is 1.64. The Bertz CT molecular complexity index is 634. The Labute approximate surface area is 136 Å². The second kappa shape index (κ2) is 7.21. The van der Waals surface area contributed by atoms with Crippen LogP contribution in [0.5, 0.6) is 0 Å². The monoisotopic (exact) mass is 318 g/mol. The third-order valence-electron chi connectivity index (χ3n) is 4.38. The standard InChI is InChI=1S/C16H26N6O/c1-4-5-8-13-18-16(23-21-13)12(3)17-11(2)15-20-19-14-9-6-7-10-22(14)15/h11-12,17H,4-10H2,1-3H3/t11-,12+/m0/s1. The fraction of sp³-hybridized carbons (Fsp3) is 0.750. The van der Waals surface area contributed by atoms with Crippen LogP contribution in [0, 0.1) is 0 Å². The summed E-state index contributed by atoms with van der Waals surface area (Å²) in [5, 5.41) is 16.2. The van der Waals surface area contributed by atoms with Gasteiger partial charge in [0.1, 0.15) is 11.6 Å². The van der Waals surface area contributed by atoms with E-state index in [0.29, 0.717) is 5.89 Å². The van der Waals surface area contributed by atoms with Crippen LogP contribution < -0.4 is 5.32 Å². The molecule has 3 rings (SSSR count). The molecule has 7 nitrogen and oxygen atoms in total. The third-order valence-corrected chi connectivity index (χ3v) is 4.38. The lowest BCUT2D eigenvalue weighted by molar-refractivity contribution is 0.320. The SMILES string of the molecule is CCCCc1noc([C@@H](C)N[C@@H](C)c2nnc3n2CCCC3)n1. The summed E-state index contributed by atoms with van der Waals surface area (Å²) in [5.41, 5.74) is 0. The van der Waals surface area contributed by atoms with Crippen molar-refractivity contribution in [2.45, 2.75) is 77.9 Å². The maximum Gasteiger partial charge on any atom is 0.243 e. The molecule has 2 aromatic rings. The van der Waals surface area contributed by atoms with E-state index in [1.165, 1.54) is 12.8 Å². The largest absolute Gasteiger partial charge is 0.338 e. The van der Waals surface area contributed by atoms with E-state index in [4.69, 9.17) is 4.52 Å². The summed E-state index contributed by atoms with van der Waals surface area (Å²) in [7, 11) is 0. The molecule has 0 spiro atoms. The molecule has 2 atom stereocenters. The lowest BCUT2D eigenvalue weighted by Gasteiger charge is -2.20. The summed E-state index contributed by atoms with van der Waals surface area (Å²) in [6, 6.07) is 0.0831. The van der Waals surface area contributed by atoms with E-state index in [0.717, 1.165) is 49.7 Å². The van der Waals surface area contributed by atoms with Crippen molar-refractivity contribution < 1.29 is 4.52 Å². The molecule has 2 aromatic heterocycles. The van der Waals surface area contributed by atoms with Crippen LogP contribution in [0.2, 0.25) is 0 Å². The van der Waals surface area contributed by atoms with Gasteiger partial charge < -0.3 is 9.09 Å². The first-order chi connectivity index (χ1) is 11.2. The number of hydrogen-bond donors (Lipinski definition) is 1.